The molecule has 2 rings (SSSR count). The van der Waals surface area contributed by atoms with Gasteiger partial charge in [-0.2, -0.15) is 0 Å². The van der Waals surface area contributed by atoms with Gasteiger partial charge < -0.3 is 16.0 Å². The Morgan fingerprint density at radius 2 is 1.71 bits per heavy atom. The van der Waals surface area contributed by atoms with Crippen molar-refractivity contribution in [1.82, 2.24) is 10.6 Å². The number of benzene rings is 2. The Morgan fingerprint density at radius 3 is 2.33 bits per heavy atom. The molecule has 0 aliphatic carbocycles. The topological polar surface area (TPSA) is 53.2 Å². The molecule has 0 bridgehead atoms. The Balaban J connectivity index is 1.85. The van der Waals surface area contributed by atoms with Gasteiger partial charge in [-0.15, -0.1) is 0 Å². The fraction of sp³-hybridized carbons (Fsp3) is 0.235. The summed E-state index contributed by atoms with van der Waals surface area (Å²) < 4.78 is 0. The molecule has 1 atom stereocenters. The summed E-state index contributed by atoms with van der Waals surface area (Å²) >= 11 is 0. The number of hydrogen-bond donors (Lipinski definition) is 3. The second kappa shape index (κ2) is 7.45. The summed E-state index contributed by atoms with van der Waals surface area (Å²) in [6.07, 6.45) is 0. The van der Waals surface area contributed by atoms with Gasteiger partial charge in [0.15, 0.2) is 0 Å². The third kappa shape index (κ3) is 4.61. The van der Waals surface area contributed by atoms with E-state index in [4.69, 9.17) is 0 Å². The highest BCUT2D eigenvalue weighted by Crippen LogP contribution is 2.15. The maximum Gasteiger partial charge on any atom is 0.319 e. The molecule has 0 saturated heterocycles. The molecule has 4 heteroatoms. The third-order valence-electron chi connectivity index (χ3n) is 3.40. The smallest absolute Gasteiger partial charge is 0.319 e. The van der Waals surface area contributed by atoms with Gasteiger partial charge in [-0.25, -0.2) is 4.79 Å². The molecule has 2 aromatic rings. The van der Waals surface area contributed by atoms with E-state index in [9.17, 15) is 4.79 Å². The van der Waals surface area contributed by atoms with Crippen LogP contribution in [0.4, 0.5) is 10.5 Å². The zero-order valence-electron chi connectivity index (χ0n) is 12.4. The van der Waals surface area contributed by atoms with E-state index in [1.54, 1.807) is 0 Å². The average Bonchev–Trinajstić information content (AvgIpc) is 2.54. The average molecular weight is 283 g/mol. The number of nitrogens with one attached hydrogen (secondary N) is 3. The molecule has 0 spiro atoms. The van der Waals surface area contributed by atoms with Crippen LogP contribution >= 0.6 is 0 Å². The van der Waals surface area contributed by atoms with Crippen molar-refractivity contribution in [3.8, 4) is 0 Å². The van der Waals surface area contributed by atoms with Gasteiger partial charge in [-0.1, -0.05) is 42.5 Å². The van der Waals surface area contributed by atoms with Crippen LogP contribution in [-0.4, -0.2) is 13.1 Å². The van der Waals surface area contributed by atoms with E-state index in [-0.39, 0.29) is 6.03 Å². The zero-order chi connectivity index (χ0) is 15.1. The second-order valence-electron chi connectivity index (χ2n) is 4.93. The van der Waals surface area contributed by atoms with E-state index in [2.05, 4.69) is 22.9 Å². The molecule has 0 aliphatic rings. The first-order chi connectivity index (χ1) is 10.2. The lowest BCUT2D eigenvalue weighted by molar-refractivity contribution is 0.251. The van der Waals surface area contributed by atoms with Crippen LogP contribution in [0.15, 0.2) is 54.6 Å². The highest BCUT2D eigenvalue weighted by molar-refractivity contribution is 5.89. The number of carbonyl (C=O) groups is 1. The summed E-state index contributed by atoms with van der Waals surface area (Å²) in [6, 6.07) is 17.8. The number of anilines is 1. The quantitative estimate of drug-likeness (QED) is 0.788. The van der Waals surface area contributed by atoms with Gasteiger partial charge in [-0.3, -0.25) is 0 Å². The fourth-order valence-electron chi connectivity index (χ4n) is 1.98. The first-order valence-corrected chi connectivity index (χ1v) is 7.05. The van der Waals surface area contributed by atoms with Crippen molar-refractivity contribution in [3.63, 3.8) is 0 Å². The molecule has 2 amide bonds. The van der Waals surface area contributed by atoms with E-state index >= 15 is 0 Å². The lowest BCUT2D eigenvalue weighted by Crippen LogP contribution is -2.28. The first-order valence-electron chi connectivity index (χ1n) is 7.05. The van der Waals surface area contributed by atoms with Crippen molar-refractivity contribution in [3.05, 3.63) is 65.7 Å². The number of carbonyl (C=O) groups excluding carboxylic acids is 1. The monoisotopic (exact) mass is 283 g/mol. The Labute approximate surface area is 125 Å². The van der Waals surface area contributed by atoms with Crippen LogP contribution in [-0.2, 0) is 6.54 Å². The lowest BCUT2D eigenvalue weighted by atomic mass is 10.1. The summed E-state index contributed by atoms with van der Waals surface area (Å²) in [6.45, 7) is 2.61. The largest absolute Gasteiger partial charge is 0.334 e. The molecule has 110 valence electrons. The van der Waals surface area contributed by atoms with E-state index in [1.165, 1.54) is 5.56 Å². The number of amides is 2. The van der Waals surface area contributed by atoms with E-state index in [1.807, 2.05) is 61.6 Å². The van der Waals surface area contributed by atoms with E-state index < -0.39 is 0 Å². The Hall–Kier alpha value is -2.33. The highest BCUT2D eigenvalue weighted by atomic mass is 16.2. The van der Waals surface area contributed by atoms with E-state index in [0.717, 1.165) is 11.3 Å². The first kappa shape index (κ1) is 15.1. The molecule has 0 fully saturated rings. The summed E-state index contributed by atoms with van der Waals surface area (Å²) in [5.74, 6) is 0. The summed E-state index contributed by atoms with van der Waals surface area (Å²) in [5.41, 5.74) is 3.05. The predicted octanol–water partition coefficient (Wildman–Crippen LogP) is 3.29. The molecule has 0 aromatic heterocycles. The molecule has 4 nitrogen and oxygen atoms in total. The molecule has 3 N–H and O–H groups in total. The summed E-state index contributed by atoms with van der Waals surface area (Å²) in [5, 5.41) is 8.84. The van der Waals surface area contributed by atoms with Gasteiger partial charge in [0, 0.05) is 18.3 Å². The number of hydrogen-bond acceptors (Lipinski definition) is 2. The maximum atomic E-state index is 11.8. The van der Waals surface area contributed by atoms with Crippen LogP contribution in [0.1, 0.15) is 24.1 Å². The SMILES string of the molecule is CNC(C)c1ccc(NC(=O)NCc2ccccc2)cc1. The minimum Gasteiger partial charge on any atom is -0.334 e. The third-order valence-corrected chi connectivity index (χ3v) is 3.40. The van der Waals surface area contributed by atoms with Crippen molar-refractivity contribution < 1.29 is 4.79 Å². The lowest BCUT2D eigenvalue weighted by Gasteiger charge is -2.12. The Kier molecular flexibility index (Phi) is 5.35. The summed E-state index contributed by atoms with van der Waals surface area (Å²) in [4.78, 5) is 11.8. The van der Waals surface area contributed by atoms with Crippen LogP contribution < -0.4 is 16.0 Å². The number of urea groups is 1. The van der Waals surface area contributed by atoms with Crippen LogP contribution in [0.25, 0.3) is 0 Å². The van der Waals surface area contributed by atoms with Crippen LogP contribution in [0.5, 0.6) is 0 Å². The Bertz CT molecular complexity index is 566. The van der Waals surface area contributed by atoms with Crippen molar-refractivity contribution in [2.45, 2.75) is 19.5 Å². The minimum atomic E-state index is -0.201. The van der Waals surface area contributed by atoms with Gasteiger partial charge >= 0.3 is 6.03 Å². The van der Waals surface area contributed by atoms with Crippen molar-refractivity contribution >= 4 is 11.7 Å². The summed E-state index contributed by atoms with van der Waals surface area (Å²) in [7, 11) is 1.92. The van der Waals surface area contributed by atoms with Gasteiger partial charge in [0.1, 0.15) is 0 Å². The Morgan fingerprint density at radius 1 is 1.05 bits per heavy atom. The number of rotatable bonds is 5. The molecule has 1 unspecified atom stereocenters. The van der Waals surface area contributed by atoms with Gasteiger partial charge in [0.2, 0.25) is 0 Å². The maximum absolute atomic E-state index is 11.8. The van der Waals surface area contributed by atoms with Crippen molar-refractivity contribution in [2.75, 3.05) is 12.4 Å². The van der Waals surface area contributed by atoms with Crippen molar-refractivity contribution in [2.24, 2.45) is 0 Å². The normalized spacial score (nSPS) is 11.7. The molecule has 2 aromatic carbocycles. The fourth-order valence-corrected chi connectivity index (χ4v) is 1.98. The van der Waals surface area contributed by atoms with Gasteiger partial charge in [0.05, 0.1) is 0 Å². The molecular weight excluding hydrogens is 262 g/mol. The molecule has 0 heterocycles. The second-order valence-corrected chi connectivity index (χ2v) is 4.93. The molecule has 21 heavy (non-hydrogen) atoms. The zero-order valence-corrected chi connectivity index (χ0v) is 12.4. The molecule has 0 radical (unpaired) electrons. The minimum absolute atomic E-state index is 0.201. The van der Waals surface area contributed by atoms with E-state index in [0.29, 0.717) is 12.6 Å². The predicted molar refractivity (Wildman–Crippen MR) is 86.2 cm³/mol. The van der Waals surface area contributed by atoms with Crippen molar-refractivity contribution in [1.29, 1.82) is 0 Å². The van der Waals surface area contributed by atoms with Gasteiger partial charge in [0.25, 0.3) is 0 Å². The molecular formula is C17H21N3O. The molecule has 0 saturated carbocycles. The molecule has 0 aliphatic heterocycles. The van der Waals surface area contributed by atoms with Crippen LogP contribution in [0.2, 0.25) is 0 Å². The van der Waals surface area contributed by atoms with Gasteiger partial charge in [-0.05, 0) is 37.2 Å². The standard InChI is InChI=1S/C17H21N3O/c1-13(18-2)15-8-10-16(11-9-15)20-17(21)19-12-14-6-4-3-5-7-14/h3-11,13,18H,12H2,1-2H3,(H2,19,20,21). The highest BCUT2D eigenvalue weighted by Gasteiger charge is 2.04. The van der Waals surface area contributed by atoms with Crippen LogP contribution in [0, 0.1) is 0 Å². The van der Waals surface area contributed by atoms with Crippen LogP contribution in [0.3, 0.4) is 0 Å².